The Kier molecular flexibility index (Phi) is 4.15. The highest BCUT2D eigenvalue weighted by Gasteiger charge is 2.37. The maximum Gasteiger partial charge on any atom is 0.228 e. The van der Waals surface area contributed by atoms with Gasteiger partial charge in [0, 0.05) is 24.2 Å². The van der Waals surface area contributed by atoms with E-state index in [1.807, 2.05) is 45.6 Å². The largest absolute Gasteiger partial charge is 0.356 e. The van der Waals surface area contributed by atoms with Crippen molar-refractivity contribution in [1.29, 1.82) is 0 Å². The van der Waals surface area contributed by atoms with Crippen molar-refractivity contribution < 1.29 is 9.32 Å². The highest BCUT2D eigenvalue weighted by atomic mass is 16.5. The van der Waals surface area contributed by atoms with Gasteiger partial charge in [0.2, 0.25) is 5.91 Å². The zero-order valence-electron chi connectivity index (χ0n) is 15.0. The van der Waals surface area contributed by atoms with Gasteiger partial charge < -0.3 is 9.42 Å². The van der Waals surface area contributed by atoms with Crippen LogP contribution in [0.2, 0.25) is 0 Å². The van der Waals surface area contributed by atoms with Gasteiger partial charge in [0.25, 0.3) is 0 Å². The van der Waals surface area contributed by atoms with E-state index in [-0.39, 0.29) is 11.9 Å². The second-order valence-corrected chi connectivity index (χ2v) is 7.46. The molecule has 1 aliphatic heterocycles. The van der Waals surface area contributed by atoms with Crippen LogP contribution in [0.4, 0.5) is 0 Å². The van der Waals surface area contributed by atoms with Crippen molar-refractivity contribution in [3.63, 3.8) is 0 Å². The molecule has 0 N–H and O–H groups in total. The summed E-state index contributed by atoms with van der Waals surface area (Å²) in [5, 5.41) is 3.97. The minimum Gasteiger partial charge on any atom is -0.356 e. The molecule has 0 aromatic carbocycles. The molecule has 0 radical (unpaired) electrons. The van der Waals surface area contributed by atoms with Crippen LogP contribution in [0.25, 0.3) is 11.3 Å². The third kappa shape index (κ3) is 3.05. The lowest BCUT2D eigenvalue weighted by molar-refractivity contribution is -0.140. The fourth-order valence-corrected chi connectivity index (χ4v) is 3.15. The molecule has 0 aliphatic carbocycles. The number of amides is 1. The summed E-state index contributed by atoms with van der Waals surface area (Å²) in [7, 11) is 0. The van der Waals surface area contributed by atoms with E-state index >= 15 is 0 Å². The number of hydrogen-bond acceptors (Lipinski definition) is 5. The highest BCUT2D eigenvalue weighted by Crippen LogP contribution is 2.38. The van der Waals surface area contributed by atoms with E-state index in [1.54, 1.807) is 6.20 Å². The normalized spacial score (nSPS) is 18.2. The van der Waals surface area contributed by atoms with Crippen LogP contribution < -0.4 is 0 Å². The van der Waals surface area contributed by atoms with Crippen molar-refractivity contribution in [1.82, 2.24) is 20.0 Å². The van der Waals surface area contributed by atoms with E-state index in [2.05, 4.69) is 15.1 Å². The monoisotopic (exact) mass is 328 g/mol. The molecular weight excluding hydrogens is 304 g/mol. The number of nitrogens with zero attached hydrogens (tertiary/aromatic N) is 4. The maximum atomic E-state index is 12.8. The average molecular weight is 328 g/mol. The van der Waals surface area contributed by atoms with Gasteiger partial charge in [0.1, 0.15) is 5.82 Å². The molecule has 2 aromatic rings. The molecule has 1 atom stereocenters. The fourth-order valence-electron chi connectivity index (χ4n) is 3.15. The van der Waals surface area contributed by atoms with Crippen LogP contribution in [0, 0.1) is 19.3 Å². The van der Waals surface area contributed by atoms with Crippen LogP contribution in [0.15, 0.2) is 16.8 Å². The molecule has 3 heterocycles. The smallest absolute Gasteiger partial charge is 0.228 e. The number of carbonyl (C=O) groups is 1. The molecule has 6 nitrogen and oxygen atoms in total. The summed E-state index contributed by atoms with van der Waals surface area (Å²) in [6.45, 7) is 10.4. The van der Waals surface area contributed by atoms with E-state index in [9.17, 15) is 4.79 Å². The Morgan fingerprint density at radius 1 is 1.33 bits per heavy atom. The van der Waals surface area contributed by atoms with Gasteiger partial charge in [0.05, 0.1) is 23.0 Å². The van der Waals surface area contributed by atoms with Crippen LogP contribution >= 0.6 is 0 Å². The van der Waals surface area contributed by atoms with Crippen LogP contribution in [-0.4, -0.2) is 32.5 Å². The zero-order chi connectivity index (χ0) is 17.5. The van der Waals surface area contributed by atoms with E-state index in [1.165, 1.54) is 0 Å². The SMILES string of the molecule is Cc1cc(-c2cnc(C)nc2C2CCCN2C(=O)C(C)(C)C)on1. The van der Waals surface area contributed by atoms with Gasteiger partial charge in [-0.1, -0.05) is 25.9 Å². The molecule has 3 rings (SSSR count). The first kappa shape index (κ1) is 16.6. The van der Waals surface area contributed by atoms with E-state index in [4.69, 9.17) is 4.52 Å². The first-order valence-electron chi connectivity index (χ1n) is 8.35. The van der Waals surface area contributed by atoms with Gasteiger partial charge >= 0.3 is 0 Å². The summed E-state index contributed by atoms with van der Waals surface area (Å²) < 4.78 is 5.42. The van der Waals surface area contributed by atoms with Gasteiger partial charge in [-0.05, 0) is 26.7 Å². The third-order valence-corrected chi connectivity index (χ3v) is 4.30. The van der Waals surface area contributed by atoms with Crippen molar-refractivity contribution in [3.8, 4) is 11.3 Å². The minimum absolute atomic E-state index is 0.0427. The number of carbonyl (C=O) groups excluding carboxylic acids is 1. The van der Waals surface area contributed by atoms with Crippen molar-refractivity contribution in [2.45, 2.75) is 53.5 Å². The van der Waals surface area contributed by atoms with Crippen molar-refractivity contribution >= 4 is 5.91 Å². The quantitative estimate of drug-likeness (QED) is 0.844. The minimum atomic E-state index is -0.409. The number of hydrogen-bond donors (Lipinski definition) is 0. The molecule has 1 unspecified atom stereocenters. The molecule has 2 aromatic heterocycles. The highest BCUT2D eigenvalue weighted by molar-refractivity contribution is 5.82. The van der Waals surface area contributed by atoms with Crippen molar-refractivity contribution in [2.75, 3.05) is 6.54 Å². The van der Waals surface area contributed by atoms with Gasteiger partial charge in [-0.3, -0.25) is 4.79 Å². The number of likely N-dealkylation sites (tertiary alicyclic amines) is 1. The maximum absolute atomic E-state index is 12.8. The number of rotatable bonds is 2. The van der Waals surface area contributed by atoms with Crippen molar-refractivity contribution in [3.05, 3.63) is 29.5 Å². The second kappa shape index (κ2) is 6.00. The van der Waals surface area contributed by atoms with Crippen LogP contribution in [0.1, 0.15) is 56.9 Å². The Hall–Kier alpha value is -2.24. The van der Waals surface area contributed by atoms with Crippen molar-refractivity contribution in [2.24, 2.45) is 5.41 Å². The predicted molar refractivity (Wildman–Crippen MR) is 90.1 cm³/mol. The first-order chi connectivity index (χ1) is 11.3. The summed E-state index contributed by atoms with van der Waals surface area (Å²) in [6, 6.07) is 1.83. The topological polar surface area (TPSA) is 72.1 Å². The number of aryl methyl sites for hydroxylation is 2. The lowest BCUT2D eigenvalue weighted by atomic mass is 9.93. The Balaban J connectivity index is 2.05. The molecule has 1 fully saturated rings. The Morgan fingerprint density at radius 2 is 2.08 bits per heavy atom. The van der Waals surface area contributed by atoms with Gasteiger partial charge in [-0.25, -0.2) is 9.97 Å². The summed E-state index contributed by atoms with van der Waals surface area (Å²) in [4.78, 5) is 23.8. The van der Waals surface area contributed by atoms with Gasteiger partial charge in [-0.2, -0.15) is 0 Å². The molecule has 1 amide bonds. The lowest BCUT2D eigenvalue weighted by Crippen LogP contribution is -2.39. The van der Waals surface area contributed by atoms with Crippen LogP contribution in [0.5, 0.6) is 0 Å². The molecule has 0 bridgehead atoms. The standard InChI is InChI=1S/C18H24N4O2/c1-11-9-15(24-21-11)13-10-19-12(2)20-16(13)14-7-6-8-22(14)17(23)18(3,4)5/h9-10,14H,6-8H2,1-5H3. The Morgan fingerprint density at radius 3 is 2.71 bits per heavy atom. The molecule has 0 saturated carbocycles. The average Bonchev–Trinajstić information content (AvgIpc) is 3.14. The van der Waals surface area contributed by atoms with Gasteiger partial charge in [0.15, 0.2) is 5.76 Å². The van der Waals surface area contributed by atoms with Gasteiger partial charge in [-0.15, -0.1) is 0 Å². The lowest BCUT2D eigenvalue weighted by Gasteiger charge is -2.31. The molecule has 24 heavy (non-hydrogen) atoms. The molecule has 0 spiro atoms. The molecule has 1 saturated heterocycles. The summed E-state index contributed by atoms with van der Waals surface area (Å²) in [5.41, 5.74) is 2.08. The van der Waals surface area contributed by atoms with Crippen LogP contribution in [-0.2, 0) is 4.79 Å². The molecule has 128 valence electrons. The van der Waals surface area contributed by atoms with E-state index in [0.717, 1.165) is 36.3 Å². The fraction of sp³-hybridized carbons (Fsp3) is 0.556. The van der Waals surface area contributed by atoms with E-state index < -0.39 is 5.41 Å². The van der Waals surface area contributed by atoms with E-state index in [0.29, 0.717) is 11.6 Å². The summed E-state index contributed by atoms with van der Waals surface area (Å²) in [5.74, 6) is 1.50. The summed E-state index contributed by atoms with van der Waals surface area (Å²) in [6.07, 6.45) is 3.65. The zero-order valence-corrected chi connectivity index (χ0v) is 15.0. The molecular formula is C18H24N4O2. The number of aromatic nitrogens is 3. The summed E-state index contributed by atoms with van der Waals surface area (Å²) >= 11 is 0. The Labute approximate surface area is 142 Å². The Bertz CT molecular complexity index is 761. The second-order valence-electron chi connectivity index (χ2n) is 7.46. The molecule has 6 heteroatoms. The third-order valence-electron chi connectivity index (χ3n) is 4.30. The first-order valence-corrected chi connectivity index (χ1v) is 8.35. The predicted octanol–water partition coefficient (Wildman–Crippen LogP) is 3.46. The van der Waals surface area contributed by atoms with Crippen LogP contribution in [0.3, 0.4) is 0 Å². The molecule has 1 aliphatic rings.